The predicted molar refractivity (Wildman–Crippen MR) is 15.5 cm³/mol. The average Bonchev–Trinajstić information content (AvgIpc) is 1.38. The van der Waals surface area contributed by atoms with Crippen molar-refractivity contribution in [2.75, 3.05) is 0 Å². The summed E-state index contributed by atoms with van der Waals surface area (Å²) >= 11 is 2.18. The Hall–Kier alpha value is 0.410. The van der Waals surface area contributed by atoms with Gasteiger partial charge in [0.25, 0.3) is 0 Å². The Morgan fingerprint density at radius 1 is 2.00 bits per heavy atom. The molecule has 0 aliphatic carbocycles. The van der Waals surface area contributed by atoms with Gasteiger partial charge in [0.05, 0.1) is 0 Å². The molecule has 0 heterocycles. The van der Waals surface area contributed by atoms with Crippen molar-refractivity contribution < 1.29 is 25.9 Å². The Bertz CT molecular complexity index is 42.2. The number of carbonyl (C=O) groups is 1. The van der Waals surface area contributed by atoms with Crippen molar-refractivity contribution in [1.82, 2.24) is 0 Å². The van der Waals surface area contributed by atoms with E-state index in [1.807, 2.05) is 0 Å². The fourth-order valence-electron chi connectivity index (χ4n) is 0. The quantitative estimate of drug-likeness (QED) is 0.624. The van der Waals surface area contributed by atoms with Crippen LogP contribution >= 0.6 is 0 Å². The van der Waals surface area contributed by atoms with Crippen LogP contribution in [0.2, 0.25) is 4.64 Å². The Morgan fingerprint density at radius 3 is 2.20 bits per heavy atom. The van der Waals surface area contributed by atoms with E-state index in [1.54, 1.807) is 6.92 Å². The van der Waals surface area contributed by atoms with Crippen molar-refractivity contribution in [2.45, 2.75) is 11.6 Å². The maximum absolute atomic E-state index is 9.80. The van der Waals surface area contributed by atoms with E-state index in [4.69, 9.17) is 0 Å². The monoisotopic (exact) mass is 254 g/mol. The molecule has 0 aliphatic heterocycles. The minimum atomic E-state index is 0.230. The summed E-state index contributed by atoms with van der Waals surface area (Å²) in [5.74, 6) is 0.230. The Kier molecular flexibility index (Phi) is 2.85. The molecule has 0 aliphatic rings. The molecule has 0 rings (SSSR count). The van der Waals surface area contributed by atoms with Crippen LogP contribution in [-0.2, 0) is 25.9 Å². The number of Topliss-reactive ketones (excluding diaryl/α,β-unsaturated/α-hetero) is 1. The normalized spacial score (nSPS) is 7.80. The molecule has 0 unspecified atom stereocenters. The zero-order valence-electron chi connectivity index (χ0n) is 2.92. The number of ketones is 1. The third-order valence-electron chi connectivity index (χ3n) is 0.150. The topological polar surface area (TPSA) is 17.1 Å². The summed E-state index contributed by atoms with van der Waals surface area (Å²) < 4.78 is 0.611. The first-order chi connectivity index (χ1) is 2.27. The zero-order chi connectivity index (χ0) is 4.28. The van der Waals surface area contributed by atoms with Crippen LogP contribution in [0.4, 0.5) is 0 Å². The van der Waals surface area contributed by atoms with E-state index < -0.39 is 0 Å². The molecule has 5 heavy (non-hydrogen) atoms. The van der Waals surface area contributed by atoms with Gasteiger partial charge in [0, 0.05) is 0 Å². The molecule has 2 heteroatoms. The number of hydrogen-bond acceptors (Lipinski definition) is 1. The van der Waals surface area contributed by atoms with Crippen molar-refractivity contribution in [3.8, 4) is 0 Å². The van der Waals surface area contributed by atoms with Gasteiger partial charge in [0.1, 0.15) is 0 Å². The first-order valence-electron chi connectivity index (χ1n) is 1.27. The van der Waals surface area contributed by atoms with Crippen LogP contribution in [0.15, 0.2) is 0 Å². The fraction of sp³-hybridized carbons (Fsp3) is 0.667. The summed E-state index contributed by atoms with van der Waals surface area (Å²) in [4.78, 5) is 9.80. The number of rotatable bonds is 1. The second-order valence-corrected chi connectivity index (χ2v) is 1.57. The second-order valence-electron chi connectivity index (χ2n) is 0.809. The number of carbonyl (C=O) groups excluding carboxylic acids is 1. The SMILES string of the molecule is CC(=O)[CH2][Au]. The standard InChI is InChI=1S/C3H5O.Au/c1-3(2)4;/h1H2,2H3;. The van der Waals surface area contributed by atoms with E-state index >= 15 is 0 Å². The molecule has 0 aromatic rings. The van der Waals surface area contributed by atoms with Gasteiger partial charge in [0.2, 0.25) is 0 Å². The van der Waals surface area contributed by atoms with Crippen molar-refractivity contribution in [3.63, 3.8) is 0 Å². The Labute approximate surface area is 43.7 Å². The molecule has 0 saturated heterocycles. The van der Waals surface area contributed by atoms with Gasteiger partial charge in [-0.2, -0.15) is 0 Å². The van der Waals surface area contributed by atoms with Crippen molar-refractivity contribution in [2.24, 2.45) is 0 Å². The molecule has 0 N–H and O–H groups in total. The molecule has 0 amide bonds. The van der Waals surface area contributed by atoms with Crippen LogP contribution in [0, 0.1) is 0 Å². The molecule has 0 bridgehead atoms. The fourth-order valence-corrected chi connectivity index (χ4v) is 0. The van der Waals surface area contributed by atoms with Crippen LogP contribution in [0.3, 0.4) is 0 Å². The summed E-state index contributed by atoms with van der Waals surface area (Å²) in [6, 6.07) is 0. The van der Waals surface area contributed by atoms with Gasteiger partial charge in [-0.1, -0.05) is 0 Å². The van der Waals surface area contributed by atoms with E-state index in [9.17, 15) is 4.79 Å². The molecule has 1 nitrogen and oxygen atoms in total. The molecule has 34 valence electrons. The van der Waals surface area contributed by atoms with Gasteiger partial charge in [0.15, 0.2) is 0 Å². The van der Waals surface area contributed by atoms with E-state index in [0.29, 0.717) is 4.64 Å². The van der Waals surface area contributed by atoms with Gasteiger partial charge >= 0.3 is 43.2 Å². The third-order valence-corrected chi connectivity index (χ3v) is 1.23. The average molecular weight is 254 g/mol. The Balaban J connectivity index is 2.85. The minimum absolute atomic E-state index is 0.230. The van der Waals surface area contributed by atoms with Crippen LogP contribution in [-0.4, -0.2) is 5.78 Å². The van der Waals surface area contributed by atoms with Crippen molar-refractivity contribution in [3.05, 3.63) is 0 Å². The molecular formula is C3H5AuO. The van der Waals surface area contributed by atoms with E-state index in [1.165, 1.54) is 0 Å². The molecule has 0 radical (unpaired) electrons. The van der Waals surface area contributed by atoms with E-state index in [2.05, 4.69) is 21.1 Å². The Morgan fingerprint density at radius 2 is 2.20 bits per heavy atom. The molecule has 0 fully saturated rings. The zero-order valence-corrected chi connectivity index (χ0v) is 5.08. The molecular weight excluding hydrogens is 249 g/mol. The second kappa shape index (κ2) is 2.64. The molecule has 0 saturated carbocycles. The third kappa shape index (κ3) is 4.41. The van der Waals surface area contributed by atoms with Crippen LogP contribution < -0.4 is 0 Å². The first kappa shape index (κ1) is 5.41. The molecule has 0 aromatic heterocycles. The summed E-state index contributed by atoms with van der Waals surface area (Å²) in [5, 5.41) is 0. The van der Waals surface area contributed by atoms with Crippen molar-refractivity contribution >= 4 is 5.78 Å². The van der Waals surface area contributed by atoms with Gasteiger partial charge in [-0.3, -0.25) is 0 Å². The summed E-state index contributed by atoms with van der Waals surface area (Å²) in [5.41, 5.74) is 0. The maximum atomic E-state index is 9.80. The predicted octanol–water partition coefficient (Wildman–Crippen LogP) is 0.540. The van der Waals surface area contributed by atoms with Gasteiger partial charge in [-0.05, 0) is 0 Å². The van der Waals surface area contributed by atoms with Gasteiger partial charge < -0.3 is 0 Å². The summed E-state index contributed by atoms with van der Waals surface area (Å²) in [6.07, 6.45) is 0. The molecule has 0 spiro atoms. The molecule has 0 aromatic carbocycles. The van der Waals surface area contributed by atoms with Gasteiger partial charge in [-0.15, -0.1) is 0 Å². The van der Waals surface area contributed by atoms with E-state index in [0.717, 1.165) is 0 Å². The number of hydrogen-bond donors (Lipinski definition) is 0. The van der Waals surface area contributed by atoms with Crippen LogP contribution in [0.5, 0.6) is 0 Å². The van der Waals surface area contributed by atoms with Crippen LogP contribution in [0.25, 0.3) is 0 Å². The van der Waals surface area contributed by atoms with E-state index in [-0.39, 0.29) is 5.78 Å². The van der Waals surface area contributed by atoms with Gasteiger partial charge in [-0.25, -0.2) is 0 Å². The summed E-state index contributed by atoms with van der Waals surface area (Å²) in [6.45, 7) is 1.57. The van der Waals surface area contributed by atoms with Crippen LogP contribution in [0.1, 0.15) is 6.92 Å². The van der Waals surface area contributed by atoms with Crippen molar-refractivity contribution in [1.29, 1.82) is 0 Å². The first-order valence-corrected chi connectivity index (χ1v) is 2.80. The summed E-state index contributed by atoms with van der Waals surface area (Å²) in [7, 11) is 0. The molecule has 0 atom stereocenters.